The largest absolute Gasteiger partial charge is 0.352 e. The molecule has 0 spiro atoms. The molecule has 2 amide bonds. The van der Waals surface area contributed by atoms with E-state index in [2.05, 4.69) is 26.1 Å². The van der Waals surface area contributed by atoms with Crippen molar-refractivity contribution in [2.24, 2.45) is 0 Å². The van der Waals surface area contributed by atoms with Gasteiger partial charge in [0.05, 0.1) is 11.9 Å². The number of nitrogens with zero attached hydrogens (tertiary/aromatic N) is 2. The third-order valence-electron chi connectivity index (χ3n) is 5.69. The van der Waals surface area contributed by atoms with E-state index >= 15 is 0 Å². The molecule has 0 fully saturated rings. The van der Waals surface area contributed by atoms with Crippen molar-refractivity contribution in [2.45, 2.75) is 65.6 Å². The fraction of sp³-hybridized carbons (Fsp3) is 0.462. The van der Waals surface area contributed by atoms with Crippen LogP contribution in [0.4, 0.5) is 5.69 Å². The Morgan fingerprint density at radius 1 is 0.972 bits per heavy atom. The molecule has 1 N–H and O–H groups in total. The highest BCUT2D eigenvalue weighted by Crippen LogP contribution is 2.28. The minimum atomic E-state index is -3.82. The predicted octanol–water partition coefficient (Wildman–Crippen LogP) is 5.00. The second-order valence-electron chi connectivity index (χ2n) is 10.1. The average Bonchev–Trinajstić information content (AvgIpc) is 2.75. The van der Waals surface area contributed by atoms with Crippen LogP contribution in [0.5, 0.6) is 0 Å². The summed E-state index contributed by atoms with van der Waals surface area (Å²) in [6, 6.07) is 11.0. The molecule has 198 valence electrons. The molecule has 0 bridgehead atoms. The highest BCUT2D eigenvalue weighted by Gasteiger charge is 2.31. The van der Waals surface area contributed by atoms with Gasteiger partial charge in [-0.25, -0.2) is 8.42 Å². The molecule has 36 heavy (non-hydrogen) atoms. The van der Waals surface area contributed by atoms with Gasteiger partial charge < -0.3 is 10.2 Å². The van der Waals surface area contributed by atoms with E-state index in [0.717, 1.165) is 16.1 Å². The van der Waals surface area contributed by atoms with Crippen LogP contribution < -0.4 is 9.62 Å². The number of nitrogens with one attached hydrogen (secondary N) is 1. The highest BCUT2D eigenvalue weighted by atomic mass is 35.5. The second kappa shape index (κ2) is 11.8. The first-order valence-electron chi connectivity index (χ1n) is 11.6. The Balaban J connectivity index is 2.46. The van der Waals surface area contributed by atoms with Crippen molar-refractivity contribution < 1.29 is 18.0 Å². The van der Waals surface area contributed by atoms with Crippen LogP contribution in [0, 0.1) is 0 Å². The van der Waals surface area contributed by atoms with Crippen molar-refractivity contribution in [3.63, 3.8) is 0 Å². The maximum Gasteiger partial charge on any atom is 0.244 e. The lowest BCUT2D eigenvalue weighted by atomic mass is 9.87. The minimum absolute atomic E-state index is 0.0649. The topological polar surface area (TPSA) is 86.8 Å². The third kappa shape index (κ3) is 7.85. The third-order valence-corrected chi connectivity index (χ3v) is 7.54. The summed E-state index contributed by atoms with van der Waals surface area (Å²) in [5, 5.41) is 3.48. The van der Waals surface area contributed by atoms with Crippen LogP contribution in [-0.2, 0) is 31.6 Å². The zero-order valence-corrected chi connectivity index (χ0v) is 24.1. The lowest BCUT2D eigenvalue weighted by Gasteiger charge is -2.32. The molecule has 0 saturated heterocycles. The monoisotopic (exact) mass is 555 g/mol. The molecule has 0 radical (unpaired) electrons. The second-order valence-corrected chi connectivity index (χ2v) is 12.8. The summed E-state index contributed by atoms with van der Waals surface area (Å²) in [7, 11) is -3.82. The van der Waals surface area contributed by atoms with Crippen molar-refractivity contribution >= 4 is 50.7 Å². The number of sulfonamides is 1. The average molecular weight is 557 g/mol. The Morgan fingerprint density at radius 2 is 1.50 bits per heavy atom. The SMILES string of the molecule is CC(C)NC(=O)[C@@H](C)N(Cc1c(Cl)cccc1Cl)C(=O)CN(c1ccc(C(C)(C)C)cc1)S(C)(=O)=O. The molecule has 2 aromatic carbocycles. The number of anilines is 1. The van der Waals surface area contributed by atoms with Gasteiger partial charge in [0.1, 0.15) is 12.6 Å². The maximum atomic E-state index is 13.6. The fourth-order valence-electron chi connectivity index (χ4n) is 3.58. The van der Waals surface area contributed by atoms with E-state index in [1.165, 1.54) is 4.90 Å². The van der Waals surface area contributed by atoms with E-state index in [1.807, 2.05) is 26.0 Å². The summed E-state index contributed by atoms with van der Waals surface area (Å²) in [5.41, 5.74) is 1.74. The van der Waals surface area contributed by atoms with Gasteiger partial charge in [0.25, 0.3) is 0 Å². The number of amides is 2. The Morgan fingerprint density at radius 3 is 1.94 bits per heavy atom. The summed E-state index contributed by atoms with van der Waals surface area (Å²) in [5.74, 6) is -0.940. The molecule has 7 nitrogen and oxygen atoms in total. The Bertz CT molecular complexity index is 1170. The summed E-state index contributed by atoms with van der Waals surface area (Å²) in [6.07, 6.45) is 1.04. The van der Waals surface area contributed by atoms with E-state index < -0.39 is 28.5 Å². The normalized spacial score (nSPS) is 12.8. The van der Waals surface area contributed by atoms with Gasteiger partial charge >= 0.3 is 0 Å². The molecular weight excluding hydrogens is 521 g/mol. The van der Waals surface area contributed by atoms with E-state index in [-0.39, 0.29) is 23.9 Å². The summed E-state index contributed by atoms with van der Waals surface area (Å²) >= 11 is 12.7. The zero-order valence-electron chi connectivity index (χ0n) is 21.8. The molecule has 2 aromatic rings. The Hall–Kier alpha value is -2.29. The number of hydrogen-bond donors (Lipinski definition) is 1. The molecule has 10 heteroatoms. The Labute approximate surface area is 224 Å². The summed E-state index contributed by atoms with van der Waals surface area (Å²) < 4.78 is 26.5. The van der Waals surface area contributed by atoms with Crippen LogP contribution in [-0.4, -0.2) is 50.0 Å². The van der Waals surface area contributed by atoms with Gasteiger partial charge in [-0.3, -0.25) is 13.9 Å². The van der Waals surface area contributed by atoms with Crippen molar-refractivity contribution in [1.29, 1.82) is 0 Å². The lowest BCUT2D eigenvalue weighted by molar-refractivity contribution is -0.139. The van der Waals surface area contributed by atoms with Crippen molar-refractivity contribution in [2.75, 3.05) is 17.1 Å². The van der Waals surface area contributed by atoms with E-state index in [0.29, 0.717) is 21.3 Å². The molecule has 0 aliphatic rings. The number of carbonyl (C=O) groups excluding carboxylic acids is 2. The lowest BCUT2D eigenvalue weighted by Crippen LogP contribution is -2.52. The van der Waals surface area contributed by atoms with Gasteiger partial charge in [0.2, 0.25) is 21.8 Å². The number of carbonyl (C=O) groups is 2. The van der Waals surface area contributed by atoms with Crippen LogP contribution in [0.1, 0.15) is 52.7 Å². The smallest absolute Gasteiger partial charge is 0.244 e. The van der Waals surface area contributed by atoms with Gasteiger partial charge in [0, 0.05) is 28.2 Å². The number of benzene rings is 2. The number of rotatable bonds is 9. The van der Waals surface area contributed by atoms with Gasteiger partial charge in [-0.2, -0.15) is 0 Å². The highest BCUT2D eigenvalue weighted by molar-refractivity contribution is 7.92. The molecule has 0 aliphatic heterocycles. The van der Waals surface area contributed by atoms with E-state index in [9.17, 15) is 18.0 Å². The van der Waals surface area contributed by atoms with Gasteiger partial charge in [-0.15, -0.1) is 0 Å². The molecule has 2 rings (SSSR count). The molecule has 1 atom stereocenters. The molecule has 0 aromatic heterocycles. The van der Waals surface area contributed by atoms with Gasteiger partial charge in [-0.05, 0) is 56.0 Å². The quantitative estimate of drug-likeness (QED) is 0.471. The van der Waals surface area contributed by atoms with Crippen LogP contribution in [0.3, 0.4) is 0 Å². The predicted molar refractivity (Wildman–Crippen MR) is 147 cm³/mol. The van der Waals surface area contributed by atoms with Crippen LogP contribution in [0.2, 0.25) is 10.0 Å². The van der Waals surface area contributed by atoms with E-state index in [4.69, 9.17) is 23.2 Å². The summed E-state index contributed by atoms with van der Waals surface area (Å²) in [4.78, 5) is 27.8. The molecule has 0 unspecified atom stereocenters. The number of hydrogen-bond acceptors (Lipinski definition) is 4. The molecule has 0 saturated carbocycles. The first kappa shape index (κ1) is 29.9. The van der Waals surface area contributed by atoms with Gasteiger partial charge in [-0.1, -0.05) is 62.2 Å². The zero-order chi connectivity index (χ0) is 27.4. The summed E-state index contributed by atoms with van der Waals surface area (Å²) in [6.45, 7) is 10.8. The van der Waals surface area contributed by atoms with Crippen molar-refractivity contribution in [3.05, 3.63) is 63.6 Å². The van der Waals surface area contributed by atoms with Crippen LogP contribution in [0.25, 0.3) is 0 Å². The van der Waals surface area contributed by atoms with Crippen LogP contribution in [0.15, 0.2) is 42.5 Å². The molecular formula is C26H35Cl2N3O4S. The first-order chi connectivity index (χ1) is 16.5. The van der Waals surface area contributed by atoms with Crippen molar-refractivity contribution in [1.82, 2.24) is 10.2 Å². The number of halogens is 2. The maximum absolute atomic E-state index is 13.6. The minimum Gasteiger partial charge on any atom is -0.352 e. The van der Waals surface area contributed by atoms with E-state index in [1.54, 1.807) is 37.3 Å². The standard InChI is InChI=1S/C26H35Cl2N3O4S/c1-17(2)29-25(33)18(3)30(15-21-22(27)9-8-10-23(21)28)24(32)16-31(36(7,34)35)20-13-11-19(12-14-20)26(4,5)6/h8-14,17-18H,15-16H2,1-7H3,(H,29,33)/t18-/m1/s1. The van der Waals surface area contributed by atoms with Gasteiger partial charge in [0.15, 0.2) is 0 Å². The Kier molecular flexibility index (Phi) is 9.84. The van der Waals surface area contributed by atoms with Crippen molar-refractivity contribution in [3.8, 4) is 0 Å². The van der Waals surface area contributed by atoms with Crippen LogP contribution >= 0.6 is 23.2 Å². The molecule has 0 heterocycles. The first-order valence-corrected chi connectivity index (χ1v) is 14.2. The molecule has 0 aliphatic carbocycles. The fourth-order valence-corrected chi connectivity index (χ4v) is 4.95.